The summed E-state index contributed by atoms with van der Waals surface area (Å²) in [4.78, 5) is 1.60. The van der Waals surface area contributed by atoms with Gasteiger partial charge in [0.1, 0.15) is 11.7 Å². The van der Waals surface area contributed by atoms with Crippen molar-refractivity contribution >= 4 is 33.5 Å². The molecule has 0 amide bonds. The first-order valence-corrected chi connectivity index (χ1v) is 6.75. The van der Waals surface area contributed by atoms with Crippen molar-refractivity contribution in [2.75, 3.05) is 0 Å². The topological polar surface area (TPSA) is 49.9 Å². The van der Waals surface area contributed by atoms with E-state index >= 15 is 0 Å². The second-order valence-corrected chi connectivity index (χ2v) is 5.62. The molecule has 18 heavy (non-hydrogen) atoms. The Morgan fingerprint density at radius 3 is 2.61 bits per heavy atom. The van der Waals surface area contributed by atoms with Crippen LogP contribution in [-0.4, -0.2) is 5.84 Å². The monoisotopic (exact) mass is 324 g/mol. The van der Waals surface area contributed by atoms with E-state index in [9.17, 15) is 4.39 Å². The SMILES string of the molecule is N=C(N)c1c(F)cccc1Sc1cccc(Br)c1. The van der Waals surface area contributed by atoms with Crippen molar-refractivity contribution in [2.45, 2.75) is 9.79 Å². The molecule has 5 heteroatoms. The Hall–Kier alpha value is -1.33. The van der Waals surface area contributed by atoms with Crippen molar-refractivity contribution < 1.29 is 4.39 Å². The van der Waals surface area contributed by atoms with Gasteiger partial charge < -0.3 is 5.73 Å². The van der Waals surface area contributed by atoms with E-state index < -0.39 is 5.82 Å². The van der Waals surface area contributed by atoms with E-state index in [2.05, 4.69) is 15.9 Å². The van der Waals surface area contributed by atoms with E-state index in [1.807, 2.05) is 24.3 Å². The molecule has 0 aliphatic carbocycles. The van der Waals surface area contributed by atoms with Crippen molar-refractivity contribution in [1.82, 2.24) is 0 Å². The maximum atomic E-state index is 13.6. The van der Waals surface area contributed by atoms with Gasteiger partial charge in [0.15, 0.2) is 0 Å². The Labute approximate surface area is 117 Å². The Morgan fingerprint density at radius 2 is 1.94 bits per heavy atom. The zero-order valence-electron chi connectivity index (χ0n) is 9.28. The molecule has 0 radical (unpaired) electrons. The van der Waals surface area contributed by atoms with Crippen molar-refractivity contribution in [3.05, 3.63) is 58.3 Å². The average Bonchev–Trinajstić information content (AvgIpc) is 2.28. The summed E-state index contributed by atoms with van der Waals surface area (Å²) in [7, 11) is 0. The number of hydrogen-bond donors (Lipinski definition) is 2. The number of benzene rings is 2. The predicted molar refractivity (Wildman–Crippen MR) is 75.7 cm³/mol. The van der Waals surface area contributed by atoms with Gasteiger partial charge in [-0.25, -0.2) is 4.39 Å². The molecule has 92 valence electrons. The van der Waals surface area contributed by atoms with Gasteiger partial charge in [-0.05, 0) is 30.3 Å². The Balaban J connectivity index is 2.40. The third kappa shape index (κ3) is 2.91. The van der Waals surface area contributed by atoms with Gasteiger partial charge in [0.05, 0.1) is 5.56 Å². The van der Waals surface area contributed by atoms with Crippen molar-refractivity contribution in [3.63, 3.8) is 0 Å². The smallest absolute Gasteiger partial charge is 0.135 e. The Kier molecular flexibility index (Phi) is 4.04. The summed E-state index contributed by atoms with van der Waals surface area (Å²) in [5.41, 5.74) is 5.57. The van der Waals surface area contributed by atoms with Crippen LogP contribution in [0.15, 0.2) is 56.7 Å². The van der Waals surface area contributed by atoms with Crippen LogP contribution in [0.2, 0.25) is 0 Å². The minimum absolute atomic E-state index is 0.155. The van der Waals surface area contributed by atoms with Gasteiger partial charge in [-0.1, -0.05) is 39.8 Å². The number of nitrogen functional groups attached to an aromatic ring is 1. The molecule has 0 aliphatic heterocycles. The summed E-state index contributed by atoms with van der Waals surface area (Å²) in [5, 5.41) is 7.44. The molecular weight excluding hydrogens is 315 g/mol. The highest BCUT2D eigenvalue weighted by Crippen LogP contribution is 2.32. The Morgan fingerprint density at radius 1 is 1.22 bits per heavy atom. The summed E-state index contributed by atoms with van der Waals surface area (Å²) in [5.74, 6) is -0.729. The number of hydrogen-bond acceptors (Lipinski definition) is 2. The molecule has 0 bridgehead atoms. The molecule has 3 N–H and O–H groups in total. The van der Waals surface area contributed by atoms with E-state index in [4.69, 9.17) is 11.1 Å². The van der Waals surface area contributed by atoms with Crippen LogP contribution in [0.4, 0.5) is 4.39 Å². The summed E-state index contributed by atoms with van der Waals surface area (Å²) >= 11 is 4.76. The quantitative estimate of drug-likeness (QED) is 0.661. The summed E-state index contributed by atoms with van der Waals surface area (Å²) < 4.78 is 14.6. The second-order valence-electron chi connectivity index (χ2n) is 3.59. The predicted octanol–water partition coefficient (Wildman–Crippen LogP) is 4.02. The van der Waals surface area contributed by atoms with E-state index in [0.29, 0.717) is 4.90 Å². The molecule has 0 atom stereocenters. The number of halogens is 2. The fraction of sp³-hybridized carbons (Fsp3) is 0. The largest absolute Gasteiger partial charge is 0.384 e. The zero-order valence-corrected chi connectivity index (χ0v) is 11.7. The summed E-state index contributed by atoms with van der Waals surface area (Å²) in [6, 6.07) is 12.3. The highest BCUT2D eigenvalue weighted by Gasteiger charge is 2.12. The third-order valence-electron chi connectivity index (χ3n) is 2.27. The van der Waals surface area contributed by atoms with E-state index in [0.717, 1.165) is 9.37 Å². The van der Waals surface area contributed by atoms with Gasteiger partial charge in [0, 0.05) is 14.3 Å². The molecule has 0 aliphatic rings. The minimum atomic E-state index is -0.470. The molecule has 0 aromatic heterocycles. The summed E-state index contributed by atoms with van der Waals surface area (Å²) in [6.07, 6.45) is 0. The fourth-order valence-electron chi connectivity index (χ4n) is 1.51. The maximum absolute atomic E-state index is 13.6. The van der Waals surface area contributed by atoms with Crippen LogP contribution in [0.5, 0.6) is 0 Å². The van der Waals surface area contributed by atoms with Gasteiger partial charge in [0.25, 0.3) is 0 Å². The van der Waals surface area contributed by atoms with Crippen molar-refractivity contribution in [2.24, 2.45) is 5.73 Å². The summed E-state index contributed by atoms with van der Waals surface area (Å²) in [6.45, 7) is 0. The first-order chi connectivity index (χ1) is 8.58. The lowest BCUT2D eigenvalue weighted by Crippen LogP contribution is -2.14. The Bertz CT molecular complexity index is 601. The third-order valence-corrected chi connectivity index (χ3v) is 3.81. The van der Waals surface area contributed by atoms with Crippen molar-refractivity contribution in [3.8, 4) is 0 Å². The number of nitrogens with one attached hydrogen (secondary N) is 1. The van der Waals surface area contributed by atoms with Crippen molar-refractivity contribution in [1.29, 1.82) is 5.41 Å². The van der Waals surface area contributed by atoms with Gasteiger partial charge in [-0.2, -0.15) is 0 Å². The minimum Gasteiger partial charge on any atom is -0.384 e. The molecule has 0 unspecified atom stereocenters. The van der Waals surface area contributed by atoms with Gasteiger partial charge >= 0.3 is 0 Å². The molecule has 2 aromatic carbocycles. The number of rotatable bonds is 3. The normalized spacial score (nSPS) is 10.3. The highest BCUT2D eigenvalue weighted by atomic mass is 79.9. The van der Waals surface area contributed by atoms with E-state index in [1.165, 1.54) is 17.8 Å². The molecular formula is C13H10BrFN2S. The van der Waals surface area contributed by atoms with Crippen LogP contribution < -0.4 is 5.73 Å². The lowest BCUT2D eigenvalue weighted by molar-refractivity contribution is 0.621. The van der Waals surface area contributed by atoms with Crippen LogP contribution >= 0.6 is 27.7 Å². The lowest BCUT2D eigenvalue weighted by Gasteiger charge is -2.08. The standard InChI is InChI=1S/C13H10BrFN2S/c14-8-3-1-4-9(7-8)18-11-6-2-5-10(15)12(11)13(16)17/h1-7H,(H3,16,17). The van der Waals surface area contributed by atoms with E-state index in [-0.39, 0.29) is 11.4 Å². The molecule has 0 heterocycles. The molecule has 0 saturated heterocycles. The van der Waals surface area contributed by atoms with Crippen LogP contribution in [0.1, 0.15) is 5.56 Å². The molecule has 2 rings (SSSR count). The highest BCUT2D eigenvalue weighted by molar-refractivity contribution is 9.10. The van der Waals surface area contributed by atoms with Crippen LogP contribution in [0.3, 0.4) is 0 Å². The zero-order chi connectivity index (χ0) is 13.1. The first-order valence-electron chi connectivity index (χ1n) is 5.14. The second kappa shape index (κ2) is 5.54. The van der Waals surface area contributed by atoms with Crippen LogP contribution in [0.25, 0.3) is 0 Å². The van der Waals surface area contributed by atoms with Crippen LogP contribution in [-0.2, 0) is 0 Å². The number of amidine groups is 1. The molecule has 0 spiro atoms. The number of nitrogens with two attached hydrogens (primary N) is 1. The molecule has 0 saturated carbocycles. The molecule has 2 aromatic rings. The van der Waals surface area contributed by atoms with Gasteiger partial charge in [-0.3, -0.25) is 5.41 Å². The molecule has 2 nitrogen and oxygen atoms in total. The maximum Gasteiger partial charge on any atom is 0.135 e. The van der Waals surface area contributed by atoms with Gasteiger partial charge in [-0.15, -0.1) is 0 Å². The first kappa shape index (κ1) is 13.1. The molecule has 0 fully saturated rings. The van der Waals surface area contributed by atoms with Gasteiger partial charge in [0.2, 0.25) is 0 Å². The van der Waals surface area contributed by atoms with Crippen LogP contribution in [0, 0.1) is 11.2 Å². The van der Waals surface area contributed by atoms with E-state index in [1.54, 1.807) is 12.1 Å². The fourth-order valence-corrected chi connectivity index (χ4v) is 3.10. The average molecular weight is 325 g/mol. The lowest BCUT2D eigenvalue weighted by atomic mass is 10.2.